The van der Waals surface area contributed by atoms with Gasteiger partial charge in [-0.2, -0.15) is 0 Å². The molecule has 0 saturated heterocycles. The summed E-state index contributed by atoms with van der Waals surface area (Å²) >= 11 is 3.45. The Labute approximate surface area is 125 Å². The Kier molecular flexibility index (Phi) is 4.97. The summed E-state index contributed by atoms with van der Waals surface area (Å²) < 4.78 is 7.96. The summed E-state index contributed by atoms with van der Waals surface area (Å²) in [4.78, 5) is 0. The van der Waals surface area contributed by atoms with Gasteiger partial charge in [0, 0.05) is 4.47 Å². The minimum atomic E-state index is 0.0515. The molecule has 20 heavy (non-hydrogen) atoms. The molecule has 1 aromatic heterocycles. The molecule has 2 aromatic rings. The van der Waals surface area contributed by atoms with Crippen LogP contribution in [-0.2, 0) is 13.1 Å². The SMILES string of the molecule is COc1cc(Br)cc(C)c1NCc1cn(CCO)nn1. The summed E-state index contributed by atoms with van der Waals surface area (Å²) in [5, 5.41) is 20.1. The smallest absolute Gasteiger partial charge is 0.143 e. The number of aryl methyl sites for hydroxylation is 1. The lowest BCUT2D eigenvalue weighted by atomic mass is 10.2. The van der Waals surface area contributed by atoms with Crippen LogP contribution in [0.2, 0.25) is 0 Å². The number of anilines is 1. The maximum atomic E-state index is 8.84. The first-order valence-corrected chi connectivity index (χ1v) is 7.01. The predicted molar refractivity (Wildman–Crippen MR) is 79.9 cm³/mol. The number of aliphatic hydroxyl groups excluding tert-OH is 1. The number of nitrogens with zero attached hydrogens (tertiary/aromatic N) is 3. The fraction of sp³-hybridized carbons (Fsp3) is 0.385. The van der Waals surface area contributed by atoms with Gasteiger partial charge in [0.05, 0.1) is 38.7 Å². The molecule has 0 radical (unpaired) electrons. The van der Waals surface area contributed by atoms with Crippen LogP contribution >= 0.6 is 15.9 Å². The third kappa shape index (κ3) is 3.49. The van der Waals surface area contributed by atoms with Crippen LogP contribution in [0.5, 0.6) is 5.75 Å². The molecule has 2 N–H and O–H groups in total. The fourth-order valence-corrected chi connectivity index (χ4v) is 2.46. The van der Waals surface area contributed by atoms with E-state index < -0.39 is 0 Å². The highest BCUT2D eigenvalue weighted by molar-refractivity contribution is 9.10. The molecule has 2 rings (SSSR count). The molecule has 0 aliphatic heterocycles. The Bertz CT molecular complexity index is 586. The topological polar surface area (TPSA) is 72.2 Å². The molecular formula is C13H17BrN4O2. The minimum Gasteiger partial charge on any atom is -0.495 e. The van der Waals surface area contributed by atoms with Gasteiger partial charge in [0.2, 0.25) is 0 Å². The van der Waals surface area contributed by atoms with Crippen LogP contribution in [0.4, 0.5) is 5.69 Å². The van der Waals surface area contributed by atoms with E-state index in [9.17, 15) is 0 Å². The molecule has 0 aliphatic rings. The van der Waals surface area contributed by atoms with E-state index in [1.807, 2.05) is 25.3 Å². The van der Waals surface area contributed by atoms with Crippen molar-refractivity contribution in [2.75, 3.05) is 19.0 Å². The average molecular weight is 341 g/mol. The molecule has 1 aromatic carbocycles. The predicted octanol–water partition coefficient (Wildman–Crippen LogP) is 1.96. The number of nitrogens with one attached hydrogen (secondary N) is 1. The van der Waals surface area contributed by atoms with Crippen LogP contribution in [0.25, 0.3) is 0 Å². The number of halogens is 1. The van der Waals surface area contributed by atoms with Gasteiger partial charge in [-0.15, -0.1) is 5.10 Å². The summed E-state index contributed by atoms with van der Waals surface area (Å²) in [5.74, 6) is 0.777. The van der Waals surface area contributed by atoms with E-state index in [4.69, 9.17) is 9.84 Å². The highest BCUT2D eigenvalue weighted by atomic mass is 79.9. The lowest BCUT2D eigenvalue weighted by Crippen LogP contribution is -2.04. The molecule has 0 aliphatic carbocycles. The maximum absolute atomic E-state index is 8.84. The van der Waals surface area contributed by atoms with Crippen molar-refractivity contribution in [2.24, 2.45) is 0 Å². The van der Waals surface area contributed by atoms with Gasteiger partial charge in [-0.25, -0.2) is 4.68 Å². The Morgan fingerprint density at radius 1 is 1.45 bits per heavy atom. The molecule has 0 saturated carbocycles. The molecule has 0 spiro atoms. The molecule has 0 fully saturated rings. The lowest BCUT2D eigenvalue weighted by molar-refractivity contribution is 0.268. The number of rotatable bonds is 6. The number of ether oxygens (including phenoxy) is 1. The van der Waals surface area contributed by atoms with Gasteiger partial charge in [0.15, 0.2) is 0 Å². The summed E-state index contributed by atoms with van der Waals surface area (Å²) in [5.41, 5.74) is 2.83. The Hall–Kier alpha value is -1.60. The van der Waals surface area contributed by atoms with Crippen LogP contribution < -0.4 is 10.1 Å². The number of hydrogen-bond donors (Lipinski definition) is 2. The number of hydrogen-bond acceptors (Lipinski definition) is 5. The Balaban J connectivity index is 2.10. The van der Waals surface area contributed by atoms with E-state index >= 15 is 0 Å². The van der Waals surface area contributed by atoms with Crippen molar-refractivity contribution in [3.63, 3.8) is 0 Å². The zero-order valence-corrected chi connectivity index (χ0v) is 13.0. The largest absolute Gasteiger partial charge is 0.495 e. The number of methoxy groups -OCH3 is 1. The van der Waals surface area contributed by atoms with Crippen LogP contribution in [0.1, 0.15) is 11.3 Å². The summed E-state index contributed by atoms with van der Waals surface area (Å²) in [6.07, 6.45) is 1.81. The monoisotopic (exact) mass is 340 g/mol. The van der Waals surface area contributed by atoms with E-state index in [1.165, 1.54) is 0 Å². The first kappa shape index (κ1) is 14.8. The van der Waals surface area contributed by atoms with Crippen molar-refractivity contribution in [2.45, 2.75) is 20.0 Å². The quantitative estimate of drug-likeness (QED) is 0.840. The maximum Gasteiger partial charge on any atom is 0.143 e. The van der Waals surface area contributed by atoms with Crippen molar-refractivity contribution < 1.29 is 9.84 Å². The van der Waals surface area contributed by atoms with Crippen molar-refractivity contribution in [3.8, 4) is 5.75 Å². The van der Waals surface area contributed by atoms with Crippen LogP contribution in [0.15, 0.2) is 22.8 Å². The van der Waals surface area contributed by atoms with Gasteiger partial charge in [-0.05, 0) is 24.6 Å². The van der Waals surface area contributed by atoms with E-state index in [1.54, 1.807) is 11.8 Å². The molecule has 7 heteroatoms. The molecule has 0 amide bonds. The molecular weight excluding hydrogens is 324 g/mol. The third-order valence-electron chi connectivity index (χ3n) is 2.85. The zero-order valence-electron chi connectivity index (χ0n) is 11.4. The first-order chi connectivity index (χ1) is 9.63. The number of aliphatic hydroxyl groups is 1. The van der Waals surface area contributed by atoms with Gasteiger partial charge < -0.3 is 15.2 Å². The summed E-state index contributed by atoms with van der Waals surface area (Å²) in [6.45, 7) is 3.06. The van der Waals surface area contributed by atoms with Gasteiger partial charge in [-0.3, -0.25) is 0 Å². The van der Waals surface area contributed by atoms with Gasteiger partial charge >= 0.3 is 0 Å². The lowest BCUT2D eigenvalue weighted by Gasteiger charge is -2.13. The molecule has 0 unspecified atom stereocenters. The van der Waals surface area contributed by atoms with Gasteiger partial charge in [0.25, 0.3) is 0 Å². The van der Waals surface area contributed by atoms with E-state index in [0.29, 0.717) is 13.1 Å². The Morgan fingerprint density at radius 2 is 2.25 bits per heavy atom. The second-order valence-electron chi connectivity index (χ2n) is 4.35. The fourth-order valence-electron chi connectivity index (χ4n) is 1.91. The number of aromatic nitrogens is 3. The van der Waals surface area contributed by atoms with Crippen LogP contribution in [-0.4, -0.2) is 33.8 Å². The highest BCUT2D eigenvalue weighted by Crippen LogP contribution is 2.32. The zero-order chi connectivity index (χ0) is 14.5. The van der Waals surface area contributed by atoms with Gasteiger partial charge in [0.1, 0.15) is 11.4 Å². The van der Waals surface area contributed by atoms with E-state index in [2.05, 4.69) is 31.6 Å². The Morgan fingerprint density at radius 3 is 2.95 bits per heavy atom. The molecule has 108 valence electrons. The second-order valence-corrected chi connectivity index (χ2v) is 5.27. The average Bonchev–Trinajstić information content (AvgIpc) is 2.85. The highest BCUT2D eigenvalue weighted by Gasteiger charge is 2.09. The third-order valence-corrected chi connectivity index (χ3v) is 3.30. The van der Waals surface area contributed by atoms with E-state index in [0.717, 1.165) is 27.2 Å². The van der Waals surface area contributed by atoms with Crippen molar-refractivity contribution >= 4 is 21.6 Å². The van der Waals surface area contributed by atoms with Crippen LogP contribution in [0.3, 0.4) is 0 Å². The van der Waals surface area contributed by atoms with Gasteiger partial charge in [-0.1, -0.05) is 21.1 Å². The molecule has 0 bridgehead atoms. The standard InChI is InChI=1S/C13H17BrN4O2/c1-9-5-10(14)6-12(20-2)13(9)15-7-11-8-18(3-4-19)17-16-11/h5-6,8,15,19H,3-4,7H2,1-2H3. The van der Waals surface area contributed by atoms with Crippen LogP contribution in [0, 0.1) is 6.92 Å². The van der Waals surface area contributed by atoms with Crippen molar-refractivity contribution in [1.82, 2.24) is 15.0 Å². The van der Waals surface area contributed by atoms with E-state index in [-0.39, 0.29) is 6.61 Å². The number of benzene rings is 1. The summed E-state index contributed by atoms with van der Waals surface area (Å²) in [6, 6.07) is 3.94. The molecule has 6 nitrogen and oxygen atoms in total. The molecule has 1 heterocycles. The minimum absolute atomic E-state index is 0.0515. The van der Waals surface area contributed by atoms with Crippen molar-refractivity contribution in [3.05, 3.63) is 34.1 Å². The first-order valence-electron chi connectivity index (χ1n) is 6.22. The normalized spacial score (nSPS) is 10.6. The van der Waals surface area contributed by atoms with Crippen molar-refractivity contribution in [1.29, 1.82) is 0 Å². The second kappa shape index (κ2) is 6.71. The molecule has 0 atom stereocenters. The summed E-state index contributed by atoms with van der Waals surface area (Å²) in [7, 11) is 1.64.